The van der Waals surface area contributed by atoms with Crippen molar-refractivity contribution in [1.29, 1.82) is 0 Å². The molecule has 0 aromatic heterocycles. The fourth-order valence-corrected chi connectivity index (χ4v) is 3.11. The number of benzene rings is 1. The van der Waals surface area contributed by atoms with E-state index in [0.717, 1.165) is 6.07 Å². The number of ether oxygens (including phenoxy) is 1. The molecule has 0 aliphatic carbocycles. The summed E-state index contributed by atoms with van der Waals surface area (Å²) in [5, 5.41) is -0.439. The summed E-state index contributed by atoms with van der Waals surface area (Å²) < 4.78 is 56.0. The van der Waals surface area contributed by atoms with E-state index in [4.69, 9.17) is 25.6 Å². The number of alkyl halides is 3. The van der Waals surface area contributed by atoms with Gasteiger partial charge < -0.3 is 14.0 Å². The van der Waals surface area contributed by atoms with Gasteiger partial charge in [0, 0.05) is 5.82 Å². The third-order valence-corrected chi connectivity index (χ3v) is 5.33. The van der Waals surface area contributed by atoms with E-state index >= 15 is 0 Å². The third-order valence-electron chi connectivity index (χ3n) is 5.02. The van der Waals surface area contributed by atoms with Crippen LogP contribution in [0.2, 0.25) is 5.02 Å². The van der Waals surface area contributed by atoms with Crippen LogP contribution < -0.4 is 0 Å². The van der Waals surface area contributed by atoms with Gasteiger partial charge in [0.15, 0.2) is 0 Å². The number of hydrogen-bond donors (Lipinski definition) is 0. The maximum Gasteiger partial charge on any atom is 0.466 e. The monoisotopic (exact) mass is 406 g/mol. The van der Waals surface area contributed by atoms with Crippen molar-refractivity contribution in [3.8, 4) is 0 Å². The Balaban J connectivity index is 2.39. The molecule has 1 aliphatic rings. The molecule has 1 fully saturated rings. The summed E-state index contributed by atoms with van der Waals surface area (Å²) in [6.07, 6.45) is -4.66. The fourth-order valence-electron chi connectivity index (χ4n) is 2.82. The summed E-state index contributed by atoms with van der Waals surface area (Å²) in [6.45, 7) is 9.30. The van der Waals surface area contributed by atoms with Gasteiger partial charge in [0.25, 0.3) is 0 Å². The van der Waals surface area contributed by atoms with Crippen molar-refractivity contribution in [3.63, 3.8) is 0 Å². The summed E-state index contributed by atoms with van der Waals surface area (Å²) in [4.78, 5) is 12.1. The van der Waals surface area contributed by atoms with Crippen LogP contribution in [-0.2, 0) is 25.0 Å². The van der Waals surface area contributed by atoms with Gasteiger partial charge in [-0.3, -0.25) is 4.79 Å². The van der Waals surface area contributed by atoms with E-state index in [1.54, 1.807) is 6.92 Å². The molecule has 4 nitrogen and oxygen atoms in total. The predicted molar refractivity (Wildman–Crippen MR) is 96.5 cm³/mol. The molecule has 27 heavy (non-hydrogen) atoms. The number of carbonyl (C=O) groups excluding carboxylic acids is 1. The lowest BCUT2D eigenvalue weighted by Crippen LogP contribution is -2.41. The summed E-state index contributed by atoms with van der Waals surface area (Å²) in [5.41, 5.74) is -1.82. The van der Waals surface area contributed by atoms with Crippen LogP contribution in [0.15, 0.2) is 18.2 Å². The van der Waals surface area contributed by atoms with Gasteiger partial charge in [0.1, 0.15) is 0 Å². The largest absolute Gasteiger partial charge is 0.466 e. The van der Waals surface area contributed by atoms with E-state index in [1.165, 1.54) is 12.1 Å². The number of hydrogen-bond acceptors (Lipinski definition) is 4. The van der Waals surface area contributed by atoms with Crippen LogP contribution in [0.25, 0.3) is 0 Å². The zero-order chi connectivity index (χ0) is 20.6. The molecule has 1 heterocycles. The van der Waals surface area contributed by atoms with Crippen LogP contribution in [0.1, 0.15) is 58.0 Å². The Morgan fingerprint density at radius 2 is 1.78 bits per heavy atom. The molecule has 0 N–H and O–H groups in total. The zero-order valence-electron chi connectivity index (χ0n) is 15.9. The second-order valence-corrected chi connectivity index (χ2v) is 7.88. The Morgan fingerprint density at radius 3 is 2.22 bits per heavy atom. The highest BCUT2D eigenvalue weighted by atomic mass is 35.5. The molecule has 1 aromatic rings. The third kappa shape index (κ3) is 4.79. The number of halogens is 4. The predicted octanol–water partition coefficient (Wildman–Crippen LogP) is 5.03. The van der Waals surface area contributed by atoms with Crippen molar-refractivity contribution < 1.29 is 32.0 Å². The van der Waals surface area contributed by atoms with Gasteiger partial charge >= 0.3 is 19.3 Å². The standard InChI is InChI=1S/C18H23BClF3O4/c1-6-25-15(24)10-13(19-26-16(2,3)17(4,5)27-19)11-7-8-12(14(20)9-11)18(21,22)23/h7-9,13H,6,10H2,1-5H3. The van der Waals surface area contributed by atoms with Crippen molar-refractivity contribution >= 4 is 24.7 Å². The first-order valence-electron chi connectivity index (χ1n) is 8.66. The van der Waals surface area contributed by atoms with Crippen LogP contribution in [0, 0.1) is 0 Å². The quantitative estimate of drug-likeness (QED) is 0.508. The Labute approximate surface area is 162 Å². The van der Waals surface area contributed by atoms with Gasteiger partial charge in [0.2, 0.25) is 0 Å². The summed E-state index contributed by atoms with van der Waals surface area (Å²) in [6, 6.07) is 3.41. The topological polar surface area (TPSA) is 44.8 Å². The van der Waals surface area contributed by atoms with Gasteiger partial charge in [0.05, 0.1) is 34.8 Å². The van der Waals surface area contributed by atoms with Crippen molar-refractivity contribution in [1.82, 2.24) is 0 Å². The number of esters is 1. The molecule has 2 rings (SSSR count). The highest BCUT2D eigenvalue weighted by Gasteiger charge is 2.54. The molecule has 1 aromatic carbocycles. The molecule has 1 unspecified atom stereocenters. The molecule has 1 saturated heterocycles. The molecule has 0 radical (unpaired) electrons. The lowest BCUT2D eigenvalue weighted by molar-refractivity contribution is -0.143. The molecular weight excluding hydrogens is 383 g/mol. The number of carbonyl (C=O) groups is 1. The summed E-state index contributed by atoms with van der Waals surface area (Å²) in [5.74, 6) is -1.15. The van der Waals surface area contributed by atoms with Crippen molar-refractivity contribution in [2.24, 2.45) is 0 Å². The van der Waals surface area contributed by atoms with Crippen LogP contribution in [0.5, 0.6) is 0 Å². The second kappa shape index (κ2) is 7.64. The van der Waals surface area contributed by atoms with Crippen molar-refractivity contribution in [2.75, 3.05) is 6.61 Å². The first kappa shape index (κ1) is 22.0. The lowest BCUT2D eigenvalue weighted by Gasteiger charge is -2.32. The van der Waals surface area contributed by atoms with Gasteiger partial charge in [-0.05, 0) is 52.3 Å². The summed E-state index contributed by atoms with van der Waals surface area (Å²) in [7, 11) is -0.827. The highest BCUT2D eigenvalue weighted by molar-refractivity contribution is 6.48. The minimum atomic E-state index is -4.56. The van der Waals surface area contributed by atoms with E-state index in [9.17, 15) is 18.0 Å². The molecule has 9 heteroatoms. The van der Waals surface area contributed by atoms with E-state index in [1.807, 2.05) is 27.7 Å². The van der Waals surface area contributed by atoms with E-state index in [-0.39, 0.29) is 13.0 Å². The average Bonchev–Trinajstić information content (AvgIpc) is 2.71. The Bertz CT molecular complexity index is 690. The molecule has 1 aliphatic heterocycles. The maximum atomic E-state index is 13.0. The van der Waals surface area contributed by atoms with Crippen LogP contribution >= 0.6 is 11.6 Å². The molecule has 0 bridgehead atoms. The Hall–Kier alpha value is -1.25. The summed E-state index contributed by atoms with van der Waals surface area (Å²) >= 11 is 5.86. The molecular formula is C18H23BClF3O4. The van der Waals surface area contributed by atoms with Crippen molar-refractivity contribution in [3.05, 3.63) is 34.3 Å². The minimum Gasteiger partial charge on any atom is -0.466 e. The molecule has 0 spiro atoms. The molecule has 1 atom stereocenters. The van der Waals surface area contributed by atoms with Crippen molar-refractivity contribution in [2.45, 2.75) is 64.2 Å². The SMILES string of the molecule is CCOC(=O)CC(B1OC(C)(C)C(C)(C)O1)c1ccc(C(F)(F)F)c(Cl)c1. The fraction of sp³-hybridized carbons (Fsp3) is 0.611. The van der Waals surface area contributed by atoms with Gasteiger partial charge in [-0.1, -0.05) is 17.7 Å². The van der Waals surface area contributed by atoms with E-state index < -0.39 is 46.9 Å². The first-order chi connectivity index (χ1) is 12.3. The number of rotatable bonds is 5. The van der Waals surface area contributed by atoms with Gasteiger partial charge in [-0.25, -0.2) is 0 Å². The molecule has 0 amide bonds. The minimum absolute atomic E-state index is 0.105. The molecule has 0 saturated carbocycles. The highest BCUT2D eigenvalue weighted by Crippen LogP contribution is 2.43. The maximum absolute atomic E-state index is 13.0. The van der Waals surface area contributed by atoms with Crippen LogP contribution in [0.3, 0.4) is 0 Å². The van der Waals surface area contributed by atoms with Crippen LogP contribution in [0.4, 0.5) is 13.2 Å². The van der Waals surface area contributed by atoms with Crippen LogP contribution in [-0.4, -0.2) is 30.9 Å². The normalized spacial score (nSPS) is 19.8. The van der Waals surface area contributed by atoms with E-state index in [0.29, 0.717) is 5.56 Å². The van der Waals surface area contributed by atoms with Gasteiger partial charge in [-0.15, -0.1) is 0 Å². The average molecular weight is 407 g/mol. The zero-order valence-corrected chi connectivity index (χ0v) is 16.7. The Kier molecular flexibility index (Phi) is 6.24. The Morgan fingerprint density at radius 1 is 1.22 bits per heavy atom. The first-order valence-corrected chi connectivity index (χ1v) is 9.04. The van der Waals surface area contributed by atoms with E-state index in [2.05, 4.69) is 0 Å². The second-order valence-electron chi connectivity index (χ2n) is 7.48. The molecule has 150 valence electrons. The lowest BCUT2D eigenvalue weighted by atomic mass is 9.66. The van der Waals surface area contributed by atoms with Gasteiger partial charge in [-0.2, -0.15) is 13.2 Å². The smallest absolute Gasteiger partial charge is 0.466 e.